The van der Waals surface area contributed by atoms with Gasteiger partial charge in [0.2, 0.25) is 5.69 Å². The highest BCUT2D eigenvalue weighted by atomic mass is 32.2. The molecule has 2 aromatic rings. The van der Waals surface area contributed by atoms with Crippen molar-refractivity contribution in [3.05, 3.63) is 107 Å². The molecule has 0 bridgehead atoms. The number of benzene rings is 2. The van der Waals surface area contributed by atoms with Gasteiger partial charge in [-0.25, -0.2) is 10.1 Å². The summed E-state index contributed by atoms with van der Waals surface area (Å²) in [5.74, 6) is 0.407. The molecule has 0 saturated heterocycles. The Bertz CT molecular complexity index is 2060. The summed E-state index contributed by atoms with van der Waals surface area (Å²) in [6, 6.07) is 16.8. The molecule has 0 saturated carbocycles. The highest BCUT2D eigenvalue weighted by Crippen LogP contribution is 2.48. The summed E-state index contributed by atoms with van der Waals surface area (Å²) in [7, 11) is -2.25. The number of para-hydroxylation sites is 2. The van der Waals surface area contributed by atoms with Gasteiger partial charge in [0.05, 0.1) is 16.9 Å². The van der Waals surface area contributed by atoms with Crippen molar-refractivity contribution in [3.8, 4) is 0 Å². The second-order valence-electron chi connectivity index (χ2n) is 17.0. The predicted molar refractivity (Wildman–Crippen MR) is 228 cm³/mol. The summed E-state index contributed by atoms with van der Waals surface area (Å²) in [5, 5.41) is 12.2. The van der Waals surface area contributed by atoms with Crippen molar-refractivity contribution in [2.45, 2.75) is 110 Å². The van der Waals surface area contributed by atoms with E-state index < -0.39 is 21.8 Å². The maximum Gasteiger partial charge on any atom is 0.414 e. The first kappa shape index (κ1) is 44.4. The number of nitrogens with zero attached hydrogens (tertiary/aromatic N) is 3. The van der Waals surface area contributed by atoms with Gasteiger partial charge in [-0.1, -0.05) is 67.4 Å². The van der Waals surface area contributed by atoms with Crippen LogP contribution in [-0.2, 0) is 35.1 Å². The molecule has 5 rings (SSSR count). The van der Waals surface area contributed by atoms with Gasteiger partial charge in [-0.3, -0.25) is 9.45 Å². The van der Waals surface area contributed by atoms with Gasteiger partial charge in [0.1, 0.15) is 12.1 Å². The molecule has 0 fully saturated rings. The summed E-state index contributed by atoms with van der Waals surface area (Å²) < 4.78 is 45.0. The quantitative estimate of drug-likeness (QED) is 0.0422. The third-order valence-corrected chi connectivity index (χ3v) is 12.4. The fourth-order valence-electron chi connectivity index (χ4n) is 8.25. The number of hydrogen-bond acceptors (Lipinski definition) is 9. The molecule has 310 valence electrons. The second-order valence-corrected chi connectivity index (χ2v) is 19.3. The van der Waals surface area contributed by atoms with E-state index in [0.717, 1.165) is 78.9 Å². The summed E-state index contributed by atoms with van der Waals surface area (Å²) in [5.41, 5.74) is 8.60. The molecular formula is C44H60N3O8S2+. The van der Waals surface area contributed by atoms with Crippen LogP contribution in [0.15, 0.2) is 95.4 Å². The third-order valence-electron chi connectivity index (χ3n) is 11.0. The first-order valence-corrected chi connectivity index (χ1v) is 22.3. The average molecular weight is 823 g/mol. The Morgan fingerprint density at radius 3 is 2.35 bits per heavy atom. The zero-order valence-corrected chi connectivity index (χ0v) is 36.3. The third kappa shape index (κ3) is 10.7. The molecular weight excluding hydrogens is 763 g/mol. The Hall–Kier alpha value is -3.72. The number of amides is 1. The molecule has 2 heterocycles. The summed E-state index contributed by atoms with van der Waals surface area (Å²) in [6.45, 7) is 15.9. The first-order valence-electron chi connectivity index (χ1n) is 19.8. The Kier molecular flexibility index (Phi) is 14.4. The van der Waals surface area contributed by atoms with E-state index >= 15 is 0 Å². The predicted octanol–water partition coefficient (Wildman–Crippen LogP) is 10.0. The molecule has 0 unspecified atom stereocenters. The number of anilines is 1. The van der Waals surface area contributed by atoms with Gasteiger partial charge in [0.25, 0.3) is 10.1 Å². The molecule has 1 amide bonds. The minimum atomic E-state index is -4.04. The van der Waals surface area contributed by atoms with E-state index in [9.17, 15) is 17.8 Å². The molecule has 3 aliphatic rings. The number of likely N-dealkylation sites (N-methyl/N-ethyl adjacent to an activating group) is 1. The van der Waals surface area contributed by atoms with Crippen LogP contribution >= 0.6 is 12.0 Å². The highest BCUT2D eigenvalue weighted by molar-refractivity contribution is 7.94. The molecule has 2 N–H and O–H groups in total. The zero-order chi connectivity index (χ0) is 41.6. The smallest absolute Gasteiger partial charge is 0.414 e. The lowest BCUT2D eigenvalue weighted by atomic mass is 9.81. The number of carbonyl (C=O) groups is 1. The minimum Gasteiger partial charge on any atom is -0.443 e. The summed E-state index contributed by atoms with van der Waals surface area (Å²) >= 11 is 1.07. The highest BCUT2D eigenvalue weighted by Gasteiger charge is 2.44. The van der Waals surface area contributed by atoms with Gasteiger partial charge in [0.15, 0.2) is 5.71 Å². The minimum absolute atomic E-state index is 0.265. The normalized spacial score (nSPS) is 19.2. The fourth-order valence-corrected chi connectivity index (χ4v) is 9.25. The number of rotatable bonds is 16. The molecule has 0 aromatic heterocycles. The monoisotopic (exact) mass is 822 g/mol. The van der Waals surface area contributed by atoms with Crippen LogP contribution in [0.5, 0.6) is 0 Å². The number of ether oxygens (including phenoxy) is 1. The van der Waals surface area contributed by atoms with Crippen LogP contribution in [-0.4, -0.2) is 76.8 Å². The van der Waals surface area contributed by atoms with Crippen LogP contribution in [0.1, 0.15) is 105 Å². The summed E-state index contributed by atoms with van der Waals surface area (Å²) in [6.07, 6.45) is 13.5. The fraction of sp³-hybridized carbons (Fsp3) is 0.500. The molecule has 11 nitrogen and oxygen atoms in total. The van der Waals surface area contributed by atoms with Crippen molar-refractivity contribution in [3.63, 3.8) is 0 Å². The maximum atomic E-state index is 13.8. The van der Waals surface area contributed by atoms with Crippen LogP contribution in [0, 0.1) is 0 Å². The zero-order valence-electron chi connectivity index (χ0n) is 34.7. The average Bonchev–Trinajstić information content (AvgIpc) is 3.49. The first-order chi connectivity index (χ1) is 26.9. The SMILES string of the molecule is CN(C(=O)OC(C)(C)C)C1=C(C=CC2=[N+](CCCCS(=O)(=O)O)c3ccccc3C2(C)C)CCCC1=CC=C1N(CCCCSOOO)c2ccccc2C1(C)C. The molecule has 13 heteroatoms. The van der Waals surface area contributed by atoms with Crippen molar-refractivity contribution in [2.24, 2.45) is 0 Å². The van der Waals surface area contributed by atoms with Crippen molar-refractivity contribution in [2.75, 3.05) is 36.5 Å². The Morgan fingerprint density at radius 1 is 0.947 bits per heavy atom. The van der Waals surface area contributed by atoms with Crippen LogP contribution in [0.3, 0.4) is 0 Å². The molecule has 0 spiro atoms. The number of unbranched alkanes of at least 4 members (excludes halogenated alkanes) is 2. The lowest BCUT2D eigenvalue weighted by molar-refractivity contribution is -0.438. The van der Waals surface area contributed by atoms with Crippen LogP contribution < -0.4 is 4.90 Å². The van der Waals surface area contributed by atoms with Gasteiger partial charge in [-0.15, -0.1) is 4.33 Å². The Labute approximate surface area is 343 Å². The van der Waals surface area contributed by atoms with E-state index in [2.05, 4.69) is 107 Å². The van der Waals surface area contributed by atoms with Crippen molar-refractivity contribution in [1.29, 1.82) is 0 Å². The lowest BCUT2D eigenvalue weighted by Gasteiger charge is -2.31. The van der Waals surface area contributed by atoms with E-state index in [1.807, 2.05) is 32.9 Å². The van der Waals surface area contributed by atoms with Crippen LogP contribution in [0.2, 0.25) is 0 Å². The molecule has 2 aromatic carbocycles. The van der Waals surface area contributed by atoms with Crippen molar-refractivity contribution < 1.29 is 41.7 Å². The van der Waals surface area contributed by atoms with Crippen molar-refractivity contribution in [1.82, 2.24) is 4.90 Å². The second kappa shape index (κ2) is 18.5. The largest absolute Gasteiger partial charge is 0.443 e. The Morgan fingerprint density at radius 2 is 1.65 bits per heavy atom. The van der Waals surface area contributed by atoms with Gasteiger partial charge in [-0.05, 0) is 102 Å². The molecule has 0 radical (unpaired) electrons. The topological polar surface area (TPSA) is 129 Å². The maximum absolute atomic E-state index is 13.8. The molecule has 0 atom stereocenters. The van der Waals surface area contributed by atoms with E-state index in [1.165, 1.54) is 22.5 Å². The number of carbonyl (C=O) groups excluding carboxylic acids is 1. The van der Waals surface area contributed by atoms with Gasteiger partial charge < -0.3 is 9.64 Å². The number of hydrogen-bond donors (Lipinski definition) is 2. The molecule has 1 aliphatic carbocycles. The number of allylic oxidation sites excluding steroid dienone is 7. The van der Waals surface area contributed by atoms with E-state index in [0.29, 0.717) is 25.1 Å². The number of fused-ring (bicyclic) bond motifs is 2. The van der Waals surface area contributed by atoms with Crippen LogP contribution in [0.4, 0.5) is 16.2 Å². The van der Waals surface area contributed by atoms with Crippen molar-refractivity contribution >= 4 is 45.3 Å². The molecule has 57 heavy (non-hydrogen) atoms. The summed E-state index contributed by atoms with van der Waals surface area (Å²) in [4.78, 5) is 17.8. The van der Waals surface area contributed by atoms with E-state index in [1.54, 1.807) is 11.9 Å². The Balaban J connectivity index is 1.57. The lowest BCUT2D eigenvalue weighted by Crippen LogP contribution is -2.35. The van der Waals surface area contributed by atoms with Crippen LogP contribution in [0.25, 0.3) is 0 Å². The molecule has 2 aliphatic heterocycles. The van der Waals surface area contributed by atoms with Gasteiger partial charge in [-0.2, -0.15) is 13.0 Å². The van der Waals surface area contributed by atoms with Gasteiger partial charge >= 0.3 is 6.09 Å². The standard InChI is InChI=1S/C44H59N3O8S2/c1-42(2,3)53-41(48)45(8)40-32(24-26-38-43(4,5)34-20-9-11-22-36(34)46(38)28-13-15-30-56-55-54-49)18-17-19-33(40)25-27-39-44(6,7)35-21-10-12-23-37(35)47(39)29-14-16-31-57(50,51)52/h9-12,20-27H,13-19,28-31H2,1-8H3,(H-,49,50,51,52)/p+1. The van der Waals surface area contributed by atoms with E-state index in [-0.39, 0.29) is 16.6 Å². The van der Waals surface area contributed by atoms with Gasteiger partial charge in [0, 0.05) is 72.3 Å². The van der Waals surface area contributed by atoms with E-state index in [4.69, 9.17) is 9.99 Å².